The van der Waals surface area contributed by atoms with Gasteiger partial charge >= 0.3 is 0 Å². The molecule has 23 heavy (non-hydrogen) atoms. The van der Waals surface area contributed by atoms with Crippen molar-refractivity contribution >= 4 is 5.91 Å². The van der Waals surface area contributed by atoms with Crippen molar-refractivity contribution in [3.63, 3.8) is 0 Å². The Morgan fingerprint density at radius 1 is 1.43 bits per heavy atom. The molecular formula is C16H20N4O3. The van der Waals surface area contributed by atoms with E-state index in [1.807, 2.05) is 6.07 Å². The van der Waals surface area contributed by atoms with Crippen molar-refractivity contribution in [1.82, 2.24) is 20.4 Å². The van der Waals surface area contributed by atoms with E-state index in [0.717, 1.165) is 19.5 Å². The maximum atomic E-state index is 11.8. The van der Waals surface area contributed by atoms with E-state index in [1.54, 1.807) is 6.92 Å². The summed E-state index contributed by atoms with van der Waals surface area (Å²) in [6.07, 6.45) is 0.342. The fraction of sp³-hybridized carbons (Fsp3) is 0.438. The molecule has 3 rings (SSSR count). The highest BCUT2D eigenvalue weighted by atomic mass is 16.5. The summed E-state index contributed by atoms with van der Waals surface area (Å²) < 4.78 is 4.75. The lowest BCUT2D eigenvalue weighted by Crippen LogP contribution is -2.42. The van der Waals surface area contributed by atoms with Crippen LogP contribution < -0.4 is 5.32 Å². The lowest BCUT2D eigenvalue weighted by molar-refractivity contribution is 0.0831. The van der Waals surface area contributed by atoms with E-state index in [0.29, 0.717) is 12.4 Å². The lowest BCUT2D eigenvalue weighted by Gasteiger charge is -2.30. The summed E-state index contributed by atoms with van der Waals surface area (Å²) in [7, 11) is 0. The van der Waals surface area contributed by atoms with Gasteiger partial charge in [-0.2, -0.15) is 4.98 Å². The number of benzene rings is 1. The van der Waals surface area contributed by atoms with Crippen molar-refractivity contribution in [3.05, 3.63) is 47.1 Å². The number of carbonyl (C=O) groups is 1. The minimum absolute atomic E-state index is 0.0124. The Labute approximate surface area is 134 Å². The molecule has 7 heteroatoms. The first-order valence-corrected chi connectivity index (χ1v) is 7.67. The molecule has 1 aromatic carbocycles. The highest BCUT2D eigenvalue weighted by Gasteiger charge is 2.19. The van der Waals surface area contributed by atoms with Crippen LogP contribution in [0.4, 0.5) is 0 Å². The zero-order valence-electron chi connectivity index (χ0n) is 13.0. The number of nitrogens with one attached hydrogen (secondary N) is 1. The maximum absolute atomic E-state index is 11.8. The summed E-state index contributed by atoms with van der Waals surface area (Å²) in [4.78, 5) is 17.8. The van der Waals surface area contributed by atoms with Crippen molar-refractivity contribution in [1.29, 1.82) is 0 Å². The van der Waals surface area contributed by atoms with Crippen molar-refractivity contribution < 1.29 is 14.4 Å². The molecule has 1 amide bonds. The van der Waals surface area contributed by atoms with E-state index in [1.165, 1.54) is 11.1 Å². The molecule has 7 nitrogen and oxygen atoms in total. The summed E-state index contributed by atoms with van der Waals surface area (Å²) in [6.45, 7) is 4.02. The molecule has 0 aliphatic carbocycles. The molecule has 0 bridgehead atoms. The largest absolute Gasteiger partial charge is 0.390 e. The van der Waals surface area contributed by atoms with Crippen LogP contribution in [-0.4, -0.2) is 51.8 Å². The number of aryl methyl sites for hydroxylation is 1. The summed E-state index contributed by atoms with van der Waals surface area (Å²) >= 11 is 0. The molecule has 1 atom stereocenters. The van der Waals surface area contributed by atoms with Crippen molar-refractivity contribution in [3.8, 4) is 0 Å². The first-order chi connectivity index (χ1) is 11.1. The van der Waals surface area contributed by atoms with Gasteiger partial charge in [0.1, 0.15) is 0 Å². The van der Waals surface area contributed by atoms with Gasteiger partial charge in [-0.3, -0.25) is 9.69 Å². The smallest absolute Gasteiger partial charge is 0.292 e. The third kappa shape index (κ3) is 3.94. The Morgan fingerprint density at radius 2 is 2.22 bits per heavy atom. The highest BCUT2D eigenvalue weighted by molar-refractivity contribution is 5.90. The van der Waals surface area contributed by atoms with Gasteiger partial charge < -0.3 is 14.9 Å². The van der Waals surface area contributed by atoms with E-state index in [9.17, 15) is 9.90 Å². The molecule has 0 fully saturated rings. The number of hydrogen-bond donors (Lipinski definition) is 2. The van der Waals surface area contributed by atoms with Gasteiger partial charge in [-0.1, -0.05) is 29.4 Å². The molecule has 1 aliphatic heterocycles. The Balaban J connectivity index is 1.47. The van der Waals surface area contributed by atoms with Gasteiger partial charge in [0.25, 0.3) is 11.7 Å². The molecule has 0 saturated heterocycles. The Bertz CT molecular complexity index is 685. The van der Waals surface area contributed by atoms with Crippen LogP contribution in [0.3, 0.4) is 0 Å². The Hall–Kier alpha value is -2.25. The zero-order chi connectivity index (χ0) is 16.2. The maximum Gasteiger partial charge on any atom is 0.292 e. The van der Waals surface area contributed by atoms with E-state index in [2.05, 4.69) is 38.6 Å². The summed E-state index contributed by atoms with van der Waals surface area (Å²) in [5.41, 5.74) is 2.68. The van der Waals surface area contributed by atoms with E-state index in [-0.39, 0.29) is 12.4 Å². The van der Waals surface area contributed by atoms with Crippen LogP contribution in [0.1, 0.15) is 27.6 Å². The normalized spacial score (nSPS) is 15.9. The Kier molecular flexibility index (Phi) is 4.68. The monoisotopic (exact) mass is 316 g/mol. The van der Waals surface area contributed by atoms with Crippen LogP contribution in [0.5, 0.6) is 0 Å². The summed E-state index contributed by atoms with van der Waals surface area (Å²) in [6, 6.07) is 8.36. The molecule has 2 aromatic rings. The molecule has 2 heterocycles. The molecule has 0 spiro atoms. The third-order valence-corrected chi connectivity index (χ3v) is 3.91. The second-order valence-electron chi connectivity index (χ2n) is 5.75. The molecular weight excluding hydrogens is 296 g/mol. The number of amides is 1. The summed E-state index contributed by atoms with van der Waals surface area (Å²) in [5.74, 6) is -0.117. The fourth-order valence-corrected chi connectivity index (χ4v) is 2.75. The number of carbonyl (C=O) groups excluding carboxylic acids is 1. The second-order valence-corrected chi connectivity index (χ2v) is 5.75. The predicted molar refractivity (Wildman–Crippen MR) is 82.8 cm³/mol. The van der Waals surface area contributed by atoms with Crippen molar-refractivity contribution in [2.24, 2.45) is 0 Å². The SMILES string of the molecule is Cc1nc(C(=O)NCC(O)CN2CCc3ccccc3C2)no1. The van der Waals surface area contributed by atoms with Gasteiger partial charge in [-0.15, -0.1) is 0 Å². The third-order valence-electron chi connectivity index (χ3n) is 3.91. The van der Waals surface area contributed by atoms with E-state index in [4.69, 9.17) is 4.52 Å². The molecule has 1 aliphatic rings. The molecule has 0 radical (unpaired) electrons. The number of aliphatic hydroxyl groups is 1. The number of hydrogen-bond acceptors (Lipinski definition) is 6. The van der Waals surface area contributed by atoms with Gasteiger partial charge in [0.2, 0.25) is 5.89 Å². The number of nitrogens with zero attached hydrogens (tertiary/aromatic N) is 3. The van der Waals surface area contributed by atoms with E-state index >= 15 is 0 Å². The Morgan fingerprint density at radius 3 is 2.96 bits per heavy atom. The fourth-order valence-electron chi connectivity index (χ4n) is 2.75. The number of aromatic nitrogens is 2. The van der Waals surface area contributed by atoms with E-state index < -0.39 is 12.0 Å². The average molecular weight is 316 g/mol. The van der Waals surface area contributed by atoms with Gasteiger partial charge in [-0.25, -0.2) is 0 Å². The minimum Gasteiger partial charge on any atom is -0.390 e. The van der Waals surface area contributed by atoms with Crippen LogP contribution in [0.25, 0.3) is 0 Å². The van der Waals surface area contributed by atoms with Crippen molar-refractivity contribution in [2.45, 2.75) is 26.0 Å². The molecule has 1 aromatic heterocycles. The molecule has 1 unspecified atom stereocenters. The first-order valence-electron chi connectivity index (χ1n) is 7.67. The number of fused-ring (bicyclic) bond motifs is 1. The van der Waals surface area contributed by atoms with Crippen LogP contribution >= 0.6 is 0 Å². The number of rotatable bonds is 5. The van der Waals surface area contributed by atoms with Crippen LogP contribution in [0, 0.1) is 6.92 Å². The van der Waals surface area contributed by atoms with Gasteiger partial charge in [-0.05, 0) is 17.5 Å². The predicted octanol–water partition coefficient (Wildman–Crippen LogP) is 0.527. The van der Waals surface area contributed by atoms with Gasteiger partial charge in [0, 0.05) is 33.1 Å². The van der Waals surface area contributed by atoms with Crippen LogP contribution in [-0.2, 0) is 13.0 Å². The van der Waals surface area contributed by atoms with Crippen LogP contribution in [0.15, 0.2) is 28.8 Å². The van der Waals surface area contributed by atoms with Crippen LogP contribution in [0.2, 0.25) is 0 Å². The standard InChI is InChI=1S/C16H20N4O3/c1-11-18-15(19-23-11)16(22)17-8-14(21)10-20-7-6-12-4-2-3-5-13(12)9-20/h2-5,14,21H,6-10H2,1H3,(H,17,22). The van der Waals surface area contributed by atoms with Gasteiger partial charge in [0.15, 0.2) is 0 Å². The topological polar surface area (TPSA) is 91.5 Å². The summed E-state index contributed by atoms with van der Waals surface area (Å²) in [5, 5.41) is 16.3. The first kappa shape index (κ1) is 15.6. The molecule has 2 N–H and O–H groups in total. The number of aliphatic hydroxyl groups excluding tert-OH is 1. The molecule has 0 saturated carbocycles. The van der Waals surface area contributed by atoms with Gasteiger partial charge in [0.05, 0.1) is 6.10 Å². The lowest BCUT2D eigenvalue weighted by atomic mass is 10.00. The quantitative estimate of drug-likeness (QED) is 0.836. The molecule has 122 valence electrons. The average Bonchev–Trinajstić information content (AvgIpc) is 2.99. The van der Waals surface area contributed by atoms with Crippen molar-refractivity contribution in [2.75, 3.05) is 19.6 Å². The highest BCUT2D eigenvalue weighted by Crippen LogP contribution is 2.18. The minimum atomic E-state index is -0.641. The second kappa shape index (κ2) is 6.89. The number of β-amino-alcohol motifs (C(OH)–C–C–N with tert-alkyl or cyclic N) is 1. The zero-order valence-corrected chi connectivity index (χ0v) is 13.0.